The van der Waals surface area contributed by atoms with Crippen molar-refractivity contribution in [2.45, 2.75) is 9.79 Å². The Morgan fingerprint density at radius 3 is 2.57 bits per heavy atom. The molecule has 154 valence electrons. The lowest BCUT2D eigenvalue weighted by Gasteiger charge is -2.15. The fourth-order valence-electron chi connectivity index (χ4n) is 1.90. The number of anilines is 4. The smallest absolute Gasteiger partial charge is 0.294 e. The number of hydrogen-bond donors (Lipinski definition) is 5. The Bertz CT molecular complexity index is 912. The summed E-state index contributed by atoms with van der Waals surface area (Å²) in [6, 6.07) is 3.62. The molecule has 2 rings (SSSR count). The molecule has 0 spiro atoms. The lowest BCUT2D eigenvalue weighted by atomic mass is 10.3. The number of rotatable bonds is 10. The molecule has 2 aromatic rings. The predicted octanol–water partition coefficient (Wildman–Crippen LogP) is 0.727. The topological polar surface area (TPSA) is 185 Å². The fraction of sp³-hybridized carbons (Fsp3) is 0.308. The molecule has 0 atom stereocenters. The molecular formula is C13H19N7O6S2. The van der Waals surface area contributed by atoms with Crippen molar-refractivity contribution in [3.8, 4) is 0 Å². The minimum absolute atomic E-state index is 0.0810. The average molecular weight is 433 g/mol. The maximum atomic E-state index is 11.4. The van der Waals surface area contributed by atoms with Gasteiger partial charge in [-0.15, -0.1) is 4.33 Å². The molecule has 13 nitrogen and oxygen atoms in total. The number of benzene rings is 1. The number of nitrogens with zero attached hydrogens (tertiary/aromatic N) is 4. The van der Waals surface area contributed by atoms with Gasteiger partial charge in [-0.3, -0.25) is 4.55 Å². The monoisotopic (exact) mass is 433 g/mol. The van der Waals surface area contributed by atoms with Crippen LogP contribution in [0.4, 0.5) is 23.5 Å². The van der Waals surface area contributed by atoms with Crippen molar-refractivity contribution >= 4 is 45.7 Å². The van der Waals surface area contributed by atoms with E-state index < -0.39 is 10.1 Å². The van der Waals surface area contributed by atoms with Gasteiger partial charge in [0.2, 0.25) is 17.8 Å². The molecule has 0 bridgehead atoms. The van der Waals surface area contributed by atoms with Gasteiger partial charge in [0.1, 0.15) is 0 Å². The van der Waals surface area contributed by atoms with E-state index in [9.17, 15) is 13.0 Å². The summed E-state index contributed by atoms with van der Waals surface area (Å²) in [6.07, 6.45) is 0. The molecule has 15 heteroatoms. The predicted molar refractivity (Wildman–Crippen MR) is 102 cm³/mol. The van der Waals surface area contributed by atoms with Gasteiger partial charge in [0.25, 0.3) is 10.1 Å². The van der Waals surface area contributed by atoms with Crippen LogP contribution in [0.15, 0.2) is 28.0 Å². The summed E-state index contributed by atoms with van der Waals surface area (Å²) in [5, 5.41) is 17.7. The first-order valence-corrected chi connectivity index (χ1v) is 9.83. The van der Waals surface area contributed by atoms with E-state index in [1.54, 1.807) is 19.0 Å². The van der Waals surface area contributed by atoms with Crippen molar-refractivity contribution in [1.82, 2.24) is 15.0 Å². The summed E-state index contributed by atoms with van der Waals surface area (Å²) in [5.74, 6) is 0.659. The third-order valence-electron chi connectivity index (χ3n) is 3.10. The second kappa shape index (κ2) is 9.78. The third kappa shape index (κ3) is 6.13. The summed E-state index contributed by atoms with van der Waals surface area (Å²) >= 11 is 0.589. The molecule has 0 saturated heterocycles. The van der Waals surface area contributed by atoms with Crippen LogP contribution in [0.25, 0.3) is 0 Å². The van der Waals surface area contributed by atoms with Gasteiger partial charge in [0, 0.05) is 27.2 Å². The Labute approximate surface area is 165 Å². The van der Waals surface area contributed by atoms with Crippen molar-refractivity contribution in [1.29, 1.82) is 0 Å². The van der Waals surface area contributed by atoms with E-state index in [-0.39, 0.29) is 22.5 Å². The second-order valence-corrected chi connectivity index (χ2v) is 7.54. The summed E-state index contributed by atoms with van der Waals surface area (Å²) in [5.41, 5.74) is 5.64. The minimum Gasteiger partial charge on any atom is -0.353 e. The van der Waals surface area contributed by atoms with Gasteiger partial charge >= 0.3 is 0 Å². The molecule has 1 aromatic heterocycles. The van der Waals surface area contributed by atoms with Crippen LogP contribution in [0.5, 0.6) is 0 Å². The van der Waals surface area contributed by atoms with Gasteiger partial charge in [-0.1, -0.05) is 5.04 Å². The van der Waals surface area contributed by atoms with Crippen LogP contribution in [0.3, 0.4) is 0 Å². The quantitative estimate of drug-likeness (QED) is 0.153. The Hall–Kier alpha value is -2.27. The second-order valence-electron chi connectivity index (χ2n) is 5.38. The van der Waals surface area contributed by atoms with E-state index in [4.69, 9.17) is 11.0 Å². The van der Waals surface area contributed by atoms with Crippen LogP contribution >= 0.6 is 12.0 Å². The Kier molecular flexibility index (Phi) is 7.69. The van der Waals surface area contributed by atoms with E-state index >= 15 is 0 Å². The highest BCUT2D eigenvalue weighted by molar-refractivity contribution is 7.94. The van der Waals surface area contributed by atoms with Crippen LogP contribution in [0, 0.1) is 0 Å². The zero-order chi connectivity index (χ0) is 20.7. The minimum atomic E-state index is -4.45. The third-order valence-corrected chi connectivity index (χ3v) is 4.61. The number of nitrogens with one attached hydrogen (secondary N) is 2. The van der Waals surface area contributed by atoms with Gasteiger partial charge < -0.3 is 21.3 Å². The van der Waals surface area contributed by atoms with Crippen LogP contribution in [-0.4, -0.2) is 60.4 Å². The van der Waals surface area contributed by atoms with Gasteiger partial charge in [-0.05, 0) is 18.2 Å². The number of nitrogens with two attached hydrogens (primary N) is 1. The molecule has 6 N–H and O–H groups in total. The maximum absolute atomic E-state index is 11.4. The number of hydrogen-bond acceptors (Lipinski definition) is 13. The number of aromatic nitrogens is 3. The first-order valence-electron chi connectivity index (χ1n) is 7.65. The SMILES string of the molecule is CN(C)c1nc(NCCN)nc(Nc2cc(S(=O)(=O)O)ccc2SOOO)n1. The van der Waals surface area contributed by atoms with Crippen molar-refractivity contribution in [3.05, 3.63) is 18.2 Å². The summed E-state index contributed by atoms with van der Waals surface area (Å²) in [7, 11) is -0.986. The molecule has 0 aliphatic rings. The van der Waals surface area contributed by atoms with Crippen molar-refractivity contribution in [2.75, 3.05) is 42.7 Å². The first-order chi connectivity index (χ1) is 13.2. The molecule has 0 radical (unpaired) electrons. The van der Waals surface area contributed by atoms with E-state index in [2.05, 4.69) is 35.0 Å². The zero-order valence-corrected chi connectivity index (χ0v) is 16.5. The normalized spacial score (nSPS) is 11.3. The molecule has 1 aromatic carbocycles. The van der Waals surface area contributed by atoms with Crippen LogP contribution in [0.1, 0.15) is 0 Å². The van der Waals surface area contributed by atoms with Gasteiger partial charge in [0.15, 0.2) is 0 Å². The maximum Gasteiger partial charge on any atom is 0.294 e. The molecule has 0 aliphatic carbocycles. The Morgan fingerprint density at radius 1 is 1.25 bits per heavy atom. The highest BCUT2D eigenvalue weighted by Crippen LogP contribution is 2.32. The molecule has 0 fully saturated rings. The fourth-order valence-corrected chi connectivity index (χ4v) is 2.83. The summed E-state index contributed by atoms with van der Waals surface area (Å²) in [4.78, 5) is 14.2. The van der Waals surface area contributed by atoms with Crippen LogP contribution in [0.2, 0.25) is 0 Å². The molecule has 0 aliphatic heterocycles. The molecule has 1 heterocycles. The van der Waals surface area contributed by atoms with Crippen molar-refractivity contribution in [3.63, 3.8) is 0 Å². The molecule has 0 unspecified atom stereocenters. The highest BCUT2D eigenvalue weighted by Gasteiger charge is 2.16. The Balaban J connectivity index is 2.45. The summed E-state index contributed by atoms with van der Waals surface area (Å²) in [6.45, 7) is 0.790. The van der Waals surface area contributed by atoms with E-state index in [1.165, 1.54) is 6.07 Å². The van der Waals surface area contributed by atoms with E-state index in [0.717, 1.165) is 12.1 Å². The van der Waals surface area contributed by atoms with Crippen LogP contribution in [-0.2, 0) is 19.5 Å². The van der Waals surface area contributed by atoms with Crippen molar-refractivity contribution < 1.29 is 27.6 Å². The molecule has 0 amide bonds. The zero-order valence-electron chi connectivity index (χ0n) is 14.9. The molecular weight excluding hydrogens is 414 g/mol. The highest BCUT2D eigenvalue weighted by atomic mass is 32.2. The average Bonchev–Trinajstić information content (AvgIpc) is 2.64. The van der Waals surface area contributed by atoms with Crippen molar-refractivity contribution in [2.24, 2.45) is 5.73 Å². The Morgan fingerprint density at radius 2 is 1.96 bits per heavy atom. The summed E-state index contributed by atoms with van der Waals surface area (Å²) < 4.78 is 36.5. The first kappa shape index (κ1) is 22.0. The standard InChI is InChI=1S/C13H19N7O6S2/c1-20(2)13-18-11(15-6-5-14)17-12(19-13)16-9-7-8(28(22,23)24)3-4-10(9)27-26-25-21/h3-4,7,21H,5-6,14H2,1-2H3,(H,22,23,24)(H2,15,16,17,18,19). The van der Waals surface area contributed by atoms with Gasteiger partial charge in [-0.25, -0.2) is 5.26 Å². The van der Waals surface area contributed by atoms with Crippen LogP contribution < -0.4 is 21.3 Å². The largest absolute Gasteiger partial charge is 0.353 e. The molecule has 28 heavy (non-hydrogen) atoms. The van der Waals surface area contributed by atoms with E-state index in [1.807, 2.05) is 0 Å². The van der Waals surface area contributed by atoms with E-state index in [0.29, 0.717) is 36.0 Å². The lowest BCUT2D eigenvalue weighted by molar-refractivity contribution is -0.432. The molecule has 0 saturated carbocycles. The van der Waals surface area contributed by atoms with Gasteiger partial charge in [0.05, 0.1) is 27.5 Å². The lowest BCUT2D eigenvalue weighted by Crippen LogP contribution is -2.19. The van der Waals surface area contributed by atoms with Gasteiger partial charge in [-0.2, -0.15) is 23.4 Å².